The summed E-state index contributed by atoms with van der Waals surface area (Å²) in [5.74, 6) is -0.959. The predicted molar refractivity (Wildman–Crippen MR) is 113 cm³/mol. The number of amides is 2. The lowest BCUT2D eigenvalue weighted by Crippen LogP contribution is -2.30. The first kappa shape index (κ1) is 22.6. The molecule has 0 aromatic heterocycles. The van der Waals surface area contributed by atoms with Crippen molar-refractivity contribution >= 4 is 23.5 Å². The van der Waals surface area contributed by atoms with Crippen molar-refractivity contribution in [1.29, 1.82) is 5.26 Å². The lowest BCUT2D eigenvalue weighted by atomic mass is 10.0. The molecule has 7 heteroatoms. The van der Waals surface area contributed by atoms with Gasteiger partial charge in [-0.2, -0.15) is 5.26 Å². The standard InChI is InChI=1S/C23H25N3O4/c1-16(2)18-5-3-17(4-6-18)12-14-25-22(28)15-30-23(29)19-7-9-20(10-8-19)26-21(27)11-13-24/h3-10,16H,11-12,14-15H2,1-2H3,(H,25,28)(H,26,27). The van der Waals surface area contributed by atoms with E-state index in [1.165, 1.54) is 29.8 Å². The molecule has 0 heterocycles. The third-order valence-electron chi connectivity index (χ3n) is 4.36. The zero-order chi connectivity index (χ0) is 21.9. The van der Waals surface area contributed by atoms with Crippen molar-refractivity contribution < 1.29 is 19.1 Å². The number of rotatable bonds is 9. The van der Waals surface area contributed by atoms with Crippen molar-refractivity contribution in [2.45, 2.75) is 32.6 Å². The van der Waals surface area contributed by atoms with Gasteiger partial charge in [-0.25, -0.2) is 4.79 Å². The number of hydrogen-bond donors (Lipinski definition) is 2. The molecule has 0 saturated heterocycles. The molecule has 2 aromatic rings. The van der Waals surface area contributed by atoms with E-state index >= 15 is 0 Å². The van der Waals surface area contributed by atoms with Gasteiger partial charge in [-0.15, -0.1) is 0 Å². The van der Waals surface area contributed by atoms with Crippen LogP contribution in [0, 0.1) is 11.3 Å². The highest BCUT2D eigenvalue weighted by Gasteiger charge is 2.11. The molecule has 0 aliphatic carbocycles. The van der Waals surface area contributed by atoms with Crippen molar-refractivity contribution in [1.82, 2.24) is 5.32 Å². The summed E-state index contributed by atoms with van der Waals surface area (Å²) in [5, 5.41) is 13.7. The lowest BCUT2D eigenvalue weighted by molar-refractivity contribution is -0.124. The Morgan fingerprint density at radius 2 is 1.67 bits per heavy atom. The molecule has 0 aliphatic rings. The summed E-state index contributed by atoms with van der Waals surface area (Å²) in [4.78, 5) is 35.3. The summed E-state index contributed by atoms with van der Waals surface area (Å²) in [5.41, 5.74) is 3.11. The monoisotopic (exact) mass is 407 g/mol. The highest BCUT2D eigenvalue weighted by atomic mass is 16.5. The average molecular weight is 407 g/mol. The van der Waals surface area contributed by atoms with Crippen molar-refractivity contribution in [3.63, 3.8) is 0 Å². The Kier molecular flexibility index (Phi) is 8.57. The van der Waals surface area contributed by atoms with Crippen LogP contribution in [-0.2, 0) is 20.7 Å². The molecule has 30 heavy (non-hydrogen) atoms. The van der Waals surface area contributed by atoms with Crippen molar-refractivity contribution in [2.75, 3.05) is 18.5 Å². The van der Waals surface area contributed by atoms with Gasteiger partial charge in [0.2, 0.25) is 5.91 Å². The number of esters is 1. The van der Waals surface area contributed by atoms with Crippen LogP contribution in [0.1, 0.15) is 47.7 Å². The number of carbonyl (C=O) groups excluding carboxylic acids is 3. The number of ether oxygens (including phenoxy) is 1. The van der Waals surface area contributed by atoms with Gasteiger partial charge in [0.15, 0.2) is 6.61 Å². The summed E-state index contributed by atoms with van der Waals surface area (Å²) in [6.45, 7) is 4.36. The first-order valence-corrected chi connectivity index (χ1v) is 9.68. The molecule has 156 valence electrons. The topological polar surface area (TPSA) is 108 Å². The average Bonchev–Trinajstić information content (AvgIpc) is 2.73. The molecular formula is C23H25N3O4. The van der Waals surface area contributed by atoms with Crippen LogP contribution in [0.15, 0.2) is 48.5 Å². The molecule has 2 rings (SSSR count). The van der Waals surface area contributed by atoms with Gasteiger partial charge in [0.25, 0.3) is 5.91 Å². The van der Waals surface area contributed by atoms with Gasteiger partial charge < -0.3 is 15.4 Å². The first-order valence-electron chi connectivity index (χ1n) is 9.68. The van der Waals surface area contributed by atoms with E-state index in [2.05, 4.69) is 36.6 Å². The number of anilines is 1. The summed E-state index contributed by atoms with van der Waals surface area (Å²) in [7, 11) is 0. The number of carbonyl (C=O) groups is 3. The zero-order valence-electron chi connectivity index (χ0n) is 17.1. The zero-order valence-corrected chi connectivity index (χ0v) is 17.1. The molecule has 0 saturated carbocycles. The fourth-order valence-electron chi connectivity index (χ4n) is 2.65. The molecule has 0 spiro atoms. The van der Waals surface area contributed by atoms with Crippen LogP contribution in [-0.4, -0.2) is 30.9 Å². The van der Waals surface area contributed by atoms with Crippen LogP contribution >= 0.6 is 0 Å². The first-order chi connectivity index (χ1) is 14.4. The van der Waals surface area contributed by atoms with Crippen LogP contribution in [0.5, 0.6) is 0 Å². The molecule has 0 radical (unpaired) electrons. The second-order valence-corrected chi connectivity index (χ2v) is 7.03. The molecule has 2 N–H and O–H groups in total. The van der Waals surface area contributed by atoms with Crippen LogP contribution < -0.4 is 10.6 Å². The van der Waals surface area contributed by atoms with Gasteiger partial charge in [-0.05, 0) is 47.7 Å². The smallest absolute Gasteiger partial charge is 0.338 e. The maximum atomic E-state index is 12.0. The number of nitrogens with zero attached hydrogens (tertiary/aromatic N) is 1. The largest absolute Gasteiger partial charge is 0.452 e. The SMILES string of the molecule is CC(C)c1ccc(CCNC(=O)COC(=O)c2ccc(NC(=O)CC#N)cc2)cc1. The minimum absolute atomic E-state index is 0.248. The number of nitriles is 1. The van der Waals surface area contributed by atoms with Gasteiger partial charge in [0.05, 0.1) is 11.6 Å². The summed E-state index contributed by atoms with van der Waals surface area (Å²) < 4.78 is 5.01. The van der Waals surface area contributed by atoms with Crippen LogP contribution in [0.3, 0.4) is 0 Å². The maximum absolute atomic E-state index is 12.0. The Balaban J connectivity index is 1.71. The third kappa shape index (κ3) is 7.40. The quantitative estimate of drug-likeness (QED) is 0.621. The number of nitrogens with one attached hydrogen (secondary N) is 2. The van der Waals surface area contributed by atoms with Crippen LogP contribution in [0.25, 0.3) is 0 Å². The minimum atomic E-state index is -0.635. The normalized spacial score (nSPS) is 10.2. The summed E-state index contributed by atoms with van der Waals surface area (Å²) in [6, 6.07) is 16.0. The Morgan fingerprint density at radius 1 is 1.00 bits per heavy atom. The van der Waals surface area contributed by atoms with E-state index in [4.69, 9.17) is 10.00 Å². The Bertz CT molecular complexity index is 913. The lowest BCUT2D eigenvalue weighted by Gasteiger charge is -2.09. The van der Waals surface area contributed by atoms with E-state index in [0.29, 0.717) is 24.6 Å². The molecule has 0 atom stereocenters. The predicted octanol–water partition coefficient (Wildman–Crippen LogP) is 3.18. The van der Waals surface area contributed by atoms with E-state index in [9.17, 15) is 14.4 Å². The van der Waals surface area contributed by atoms with E-state index in [0.717, 1.165) is 5.56 Å². The van der Waals surface area contributed by atoms with Gasteiger partial charge in [-0.3, -0.25) is 9.59 Å². The Labute approximate surface area is 176 Å². The number of hydrogen-bond acceptors (Lipinski definition) is 5. The van der Waals surface area contributed by atoms with E-state index in [1.54, 1.807) is 6.07 Å². The van der Waals surface area contributed by atoms with Gasteiger partial charge >= 0.3 is 5.97 Å². The number of benzene rings is 2. The Hall–Kier alpha value is -3.66. The fraction of sp³-hybridized carbons (Fsp3) is 0.304. The molecule has 0 aliphatic heterocycles. The van der Waals surface area contributed by atoms with Crippen molar-refractivity contribution in [3.05, 3.63) is 65.2 Å². The van der Waals surface area contributed by atoms with Crippen molar-refractivity contribution in [3.8, 4) is 6.07 Å². The Morgan fingerprint density at radius 3 is 2.27 bits per heavy atom. The molecule has 0 unspecified atom stereocenters. The molecular weight excluding hydrogens is 382 g/mol. The summed E-state index contributed by atoms with van der Waals surface area (Å²) >= 11 is 0. The van der Waals surface area contributed by atoms with Gasteiger partial charge in [0, 0.05) is 12.2 Å². The minimum Gasteiger partial charge on any atom is -0.452 e. The van der Waals surface area contributed by atoms with Crippen LogP contribution in [0.4, 0.5) is 5.69 Å². The van der Waals surface area contributed by atoms with E-state index in [-0.39, 0.29) is 24.5 Å². The summed E-state index contributed by atoms with van der Waals surface area (Å²) in [6.07, 6.45) is 0.444. The second kappa shape index (κ2) is 11.4. The van der Waals surface area contributed by atoms with Gasteiger partial charge in [0.1, 0.15) is 6.42 Å². The molecule has 0 bridgehead atoms. The highest BCUT2D eigenvalue weighted by Crippen LogP contribution is 2.15. The highest BCUT2D eigenvalue weighted by molar-refractivity contribution is 5.94. The molecule has 2 amide bonds. The molecule has 2 aromatic carbocycles. The molecule has 0 fully saturated rings. The molecule has 7 nitrogen and oxygen atoms in total. The van der Waals surface area contributed by atoms with Crippen LogP contribution in [0.2, 0.25) is 0 Å². The maximum Gasteiger partial charge on any atom is 0.338 e. The second-order valence-electron chi connectivity index (χ2n) is 7.03. The van der Waals surface area contributed by atoms with E-state index in [1.807, 2.05) is 12.1 Å². The van der Waals surface area contributed by atoms with E-state index < -0.39 is 11.9 Å². The third-order valence-corrected chi connectivity index (χ3v) is 4.36. The fourth-order valence-corrected chi connectivity index (χ4v) is 2.65. The van der Waals surface area contributed by atoms with Crippen molar-refractivity contribution in [2.24, 2.45) is 0 Å². The van der Waals surface area contributed by atoms with Gasteiger partial charge in [-0.1, -0.05) is 38.1 Å².